The van der Waals surface area contributed by atoms with Crippen LogP contribution in [0.4, 0.5) is 10.1 Å². The molecule has 5 heteroatoms. The second-order valence-corrected chi connectivity index (χ2v) is 7.08. The zero-order chi connectivity index (χ0) is 20.5. The predicted molar refractivity (Wildman–Crippen MR) is 115 cm³/mol. The van der Waals surface area contributed by atoms with Gasteiger partial charge in [-0.25, -0.2) is 4.39 Å². The van der Waals surface area contributed by atoms with Crippen molar-refractivity contribution in [2.24, 2.45) is 0 Å². The van der Waals surface area contributed by atoms with E-state index >= 15 is 0 Å². The summed E-state index contributed by atoms with van der Waals surface area (Å²) in [6.45, 7) is 2.47. The number of nitrogens with zero attached hydrogens (tertiary/aromatic N) is 1. The van der Waals surface area contributed by atoms with Crippen molar-refractivity contribution in [1.29, 1.82) is 0 Å². The number of hydrogen-bond acceptors (Lipinski definition) is 4. The minimum Gasteiger partial charge on any atom is -0.494 e. The van der Waals surface area contributed by atoms with Crippen molar-refractivity contribution in [3.8, 4) is 17.2 Å². The summed E-state index contributed by atoms with van der Waals surface area (Å²) in [4.78, 5) is 2.15. The molecule has 0 heterocycles. The predicted octanol–water partition coefficient (Wildman–Crippen LogP) is 5.56. The van der Waals surface area contributed by atoms with Gasteiger partial charge in [0.15, 0.2) is 0 Å². The topological polar surface area (TPSA) is 33.7 Å². The van der Waals surface area contributed by atoms with Crippen LogP contribution >= 0.6 is 0 Å². The van der Waals surface area contributed by atoms with E-state index in [0.717, 1.165) is 37.6 Å². The van der Waals surface area contributed by atoms with E-state index in [4.69, 9.17) is 9.47 Å². The minimum atomic E-state index is -0.277. The third kappa shape index (κ3) is 7.12. The smallest absolute Gasteiger partial charge is 0.127 e. The molecule has 3 aromatic carbocycles. The van der Waals surface area contributed by atoms with Gasteiger partial charge in [-0.1, -0.05) is 12.1 Å². The van der Waals surface area contributed by atoms with Crippen molar-refractivity contribution >= 4 is 5.69 Å². The van der Waals surface area contributed by atoms with Gasteiger partial charge in [0.25, 0.3) is 0 Å². The third-order valence-corrected chi connectivity index (χ3v) is 4.34. The molecule has 4 nitrogen and oxygen atoms in total. The highest BCUT2D eigenvalue weighted by atomic mass is 19.1. The van der Waals surface area contributed by atoms with E-state index in [1.54, 1.807) is 12.1 Å². The largest absolute Gasteiger partial charge is 0.494 e. The normalized spacial score (nSPS) is 10.8. The Balaban J connectivity index is 1.44. The average molecular weight is 394 g/mol. The van der Waals surface area contributed by atoms with Gasteiger partial charge >= 0.3 is 0 Å². The number of benzene rings is 3. The monoisotopic (exact) mass is 394 g/mol. The second-order valence-electron chi connectivity index (χ2n) is 7.08. The van der Waals surface area contributed by atoms with E-state index in [-0.39, 0.29) is 5.82 Å². The lowest BCUT2D eigenvalue weighted by Crippen LogP contribution is -2.15. The third-order valence-electron chi connectivity index (χ3n) is 4.34. The molecule has 0 fully saturated rings. The number of nitrogens with one attached hydrogen (secondary N) is 1. The van der Waals surface area contributed by atoms with Gasteiger partial charge in [-0.3, -0.25) is 0 Å². The second kappa shape index (κ2) is 10.5. The van der Waals surface area contributed by atoms with Gasteiger partial charge in [0.1, 0.15) is 23.1 Å². The van der Waals surface area contributed by atoms with Crippen LogP contribution in [0.1, 0.15) is 12.0 Å². The van der Waals surface area contributed by atoms with Crippen LogP contribution in [0.25, 0.3) is 0 Å². The minimum absolute atomic E-state index is 0.277. The summed E-state index contributed by atoms with van der Waals surface area (Å²) < 4.78 is 24.4. The Labute approximate surface area is 171 Å². The fraction of sp³-hybridized carbons (Fsp3) is 0.250. The van der Waals surface area contributed by atoms with Crippen LogP contribution in [0.15, 0.2) is 72.8 Å². The summed E-state index contributed by atoms with van der Waals surface area (Å²) >= 11 is 0. The van der Waals surface area contributed by atoms with Gasteiger partial charge in [-0.05, 0) is 86.7 Å². The zero-order valence-electron chi connectivity index (χ0n) is 16.9. The molecule has 0 bridgehead atoms. The van der Waals surface area contributed by atoms with Crippen molar-refractivity contribution in [2.45, 2.75) is 13.0 Å². The van der Waals surface area contributed by atoms with E-state index in [9.17, 15) is 4.39 Å². The van der Waals surface area contributed by atoms with Crippen LogP contribution in [0.5, 0.6) is 17.2 Å². The molecule has 3 rings (SSSR count). The highest BCUT2D eigenvalue weighted by Gasteiger charge is 2.00. The fourth-order valence-electron chi connectivity index (χ4n) is 2.76. The van der Waals surface area contributed by atoms with Crippen molar-refractivity contribution in [3.63, 3.8) is 0 Å². The zero-order valence-corrected chi connectivity index (χ0v) is 16.9. The van der Waals surface area contributed by atoms with E-state index in [1.807, 2.05) is 36.4 Å². The van der Waals surface area contributed by atoms with E-state index in [2.05, 4.69) is 36.4 Å². The first-order valence-electron chi connectivity index (χ1n) is 9.72. The number of rotatable bonds is 10. The number of ether oxygens (including phenoxy) is 2. The van der Waals surface area contributed by atoms with Gasteiger partial charge in [0, 0.05) is 18.8 Å². The molecule has 0 aromatic heterocycles. The van der Waals surface area contributed by atoms with Crippen LogP contribution in [0.2, 0.25) is 0 Å². The van der Waals surface area contributed by atoms with Crippen LogP contribution in [0.3, 0.4) is 0 Å². The molecular weight excluding hydrogens is 367 g/mol. The molecule has 0 saturated heterocycles. The van der Waals surface area contributed by atoms with Crippen LogP contribution in [0, 0.1) is 5.82 Å². The molecule has 0 unspecified atom stereocenters. The first-order chi connectivity index (χ1) is 14.1. The maximum absolute atomic E-state index is 12.9. The summed E-state index contributed by atoms with van der Waals surface area (Å²) in [7, 11) is 4.13. The van der Waals surface area contributed by atoms with Gasteiger partial charge in [0.05, 0.1) is 6.61 Å². The van der Waals surface area contributed by atoms with Crippen molar-refractivity contribution in [2.75, 3.05) is 32.6 Å². The lowest BCUT2D eigenvalue weighted by atomic mass is 10.2. The van der Waals surface area contributed by atoms with Crippen molar-refractivity contribution in [1.82, 2.24) is 4.90 Å². The molecule has 0 amide bonds. The number of anilines is 1. The maximum Gasteiger partial charge on any atom is 0.127 e. The number of halogens is 1. The van der Waals surface area contributed by atoms with Crippen LogP contribution < -0.4 is 14.8 Å². The molecule has 152 valence electrons. The Bertz CT molecular complexity index is 863. The molecule has 29 heavy (non-hydrogen) atoms. The Kier molecular flexibility index (Phi) is 7.47. The van der Waals surface area contributed by atoms with Gasteiger partial charge in [-0.2, -0.15) is 0 Å². The molecule has 3 aromatic rings. The lowest BCUT2D eigenvalue weighted by Gasteiger charge is -2.11. The SMILES string of the molecule is CN(C)CCCOc1ccc(CNc2ccc(Oc3ccc(F)cc3)cc2)cc1. The fourth-order valence-corrected chi connectivity index (χ4v) is 2.76. The van der Waals surface area contributed by atoms with Crippen molar-refractivity contribution in [3.05, 3.63) is 84.2 Å². The summed E-state index contributed by atoms with van der Waals surface area (Å²) in [5, 5.41) is 3.39. The first-order valence-corrected chi connectivity index (χ1v) is 9.72. The number of hydrogen-bond donors (Lipinski definition) is 1. The standard InChI is InChI=1S/C24H27FN2O2/c1-27(2)16-3-17-28-22-10-4-19(5-11-22)18-26-21-8-14-24(15-9-21)29-23-12-6-20(25)7-13-23/h4-15,26H,3,16-18H2,1-2H3. The summed E-state index contributed by atoms with van der Waals surface area (Å²) in [6, 6.07) is 21.8. The van der Waals surface area contributed by atoms with Gasteiger partial charge in [-0.15, -0.1) is 0 Å². The molecule has 0 aliphatic rings. The molecule has 0 aliphatic heterocycles. The van der Waals surface area contributed by atoms with Crippen LogP contribution in [-0.2, 0) is 6.54 Å². The molecule has 0 saturated carbocycles. The molecule has 0 atom stereocenters. The molecule has 0 radical (unpaired) electrons. The van der Waals surface area contributed by atoms with E-state index in [0.29, 0.717) is 11.5 Å². The summed E-state index contributed by atoms with van der Waals surface area (Å²) in [6.07, 6.45) is 1.01. The lowest BCUT2D eigenvalue weighted by molar-refractivity contribution is 0.281. The highest BCUT2D eigenvalue weighted by molar-refractivity contribution is 5.47. The van der Waals surface area contributed by atoms with Crippen molar-refractivity contribution < 1.29 is 13.9 Å². The first kappa shape index (κ1) is 20.7. The molecule has 0 aliphatic carbocycles. The van der Waals surface area contributed by atoms with Gasteiger partial charge in [0.2, 0.25) is 0 Å². The molecule has 0 spiro atoms. The Morgan fingerprint density at radius 1 is 0.793 bits per heavy atom. The Hall–Kier alpha value is -3.05. The van der Waals surface area contributed by atoms with Gasteiger partial charge < -0.3 is 19.7 Å². The van der Waals surface area contributed by atoms with E-state index in [1.165, 1.54) is 17.7 Å². The molecule has 1 N–H and O–H groups in total. The maximum atomic E-state index is 12.9. The van der Waals surface area contributed by atoms with E-state index < -0.39 is 0 Å². The summed E-state index contributed by atoms with van der Waals surface area (Å²) in [5.41, 5.74) is 2.18. The Morgan fingerprint density at radius 2 is 1.38 bits per heavy atom. The highest BCUT2D eigenvalue weighted by Crippen LogP contribution is 2.23. The quantitative estimate of drug-likeness (QED) is 0.457. The summed E-state index contributed by atoms with van der Waals surface area (Å²) in [5.74, 6) is 1.93. The molecular formula is C24H27FN2O2. The van der Waals surface area contributed by atoms with Crippen LogP contribution in [-0.4, -0.2) is 32.1 Å². The average Bonchev–Trinajstić information content (AvgIpc) is 2.73. The Morgan fingerprint density at radius 3 is 2.00 bits per heavy atom.